The van der Waals surface area contributed by atoms with Crippen LogP contribution in [0.2, 0.25) is 0 Å². The van der Waals surface area contributed by atoms with Crippen molar-refractivity contribution < 1.29 is 14.2 Å². The monoisotopic (exact) mass is 287 g/mol. The first-order chi connectivity index (χ1) is 10.3. The molecule has 0 aliphatic heterocycles. The molecule has 2 aromatic rings. The van der Waals surface area contributed by atoms with Gasteiger partial charge in [-0.3, -0.25) is 0 Å². The van der Waals surface area contributed by atoms with Crippen molar-refractivity contribution >= 4 is 0 Å². The molecule has 0 heterocycles. The molecule has 0 saturated heterocycles. The second-order valence-electron chi connectivity index (χ2n) is 4.39. The van der Waals surface area contributed by atoms with Crippen LogP contribution in [0, 0.1) is 0 Å². The highest BCUT2D eigenvalue weighted by molar-refractivity contribution is 5.39. The summed E-state index contributed by atoms with van der Waals surface area (Å²) in [5.74, 6) is 2.29. The maximum atomic E-state index is 5.70. The third-order valence-corrected chi connectivity index (χ3v) is 2.94. The number of ether oxygens (including phenoxy) is 3. The van der Waals surface area contributed by atoms with Gasteiger partial charge in [0.1, 0.15) is 19.0 Å². The smallest absolute Gasteiger partial charge is 0.161 e. The van der Waals surface area contributed by atoms with Crippen molar-refractivity contribution in [3.63, 3.8) is 0 Å². The molecule has 2 aromatic carbocycles. The fraction of sp³-hybridized carbons (Fsp3) is 0.294. The molecule has 0 radical (unpaired) electrons. The highest BCUT2D eigenvalue weighted by Gasteiger charge is 2.04. The Morgan fingerprint density at radius 1 is 0.762 bits per heavy atom. The molecule has 0 aliphatic rings. The Labute approximate surface area is 125 Å². The van der Waals surface area contributed by atoms with E-state index in [1.54, 1.807) is 0 Å². The van der Waals surface area contributed by atoms with Crippen molar-refractivity contribution in [3.05, 3.63) is 54.1 Å². The van der Waals surface area contributed by atoms with Gasteiger partial charge in [0.2, 0.25) is 0 Å². The molecule has 0 atom stereocenters. The van der Waals surface area contributed by atoms with Gasteiger partial charge in [0.05, 0.1) is 6.61 Å². The zero-order valence-electron chi connectivity index (χ0n) is 12.2. The highest BCUT2D eigenvalue weighted by atomic mass is 16.5. The van der Waals surface area contributed by atoms with E-state index in [4.69, 9.17) is 19.9 Å². The summed E-state index contributed by atoms with van der Waals surface area (Å²) in [6.07, 6.45) is 0. The maximum absolute atomic E-state index is 5.70. The minimum absolute atomic E-state index is 0.447. The topological polar surface area (TPSA) is 53.7 Å². The van der Waals surface area contributed by atoms with Gasteiger partial charge >= 0.3 is 0 Å². The van der Waals surface area contributed by atoms with Crippen LogP contribution in [0.1, 0.15) is 12.5 Å². The van der Waals surface area contributed by atoms with Crippen LogP contribution in [-0.2, 0) is 6.54 Å². The molecule has 112 valence electrons. The van der Waals surface area contributed by atoms with Gasteiger partial charge in [0.15, 0.2) is 11.5 Å². The van der Waals surface area contributed by atoms with Gasteiger partial charge in [0.25, 0.3) is 0 Å². The van der Waals surface area contributed by atoms with E-state index in [9.17, 15) is 0 Å². The molecule has 0 spiro atoms. The summed E-state index contributed by atoms with van der Waals surface area (Å²) in [5.41, 5.74) is 6.66. The summed E-state index contributed by atoms with van der Waals surface area (Å²) in [4.78, 5) is 0. The zero-order chi connectivity index (χ0) is 14.9. The Bertz CT molecular complexity index is 557. The molecule has 4 nitrogen and oxygen atoms in total. The molecule has 2 rings (SSSR count). The van der Waals surface area contributed by atoms with Gasteiger partial charge in [-0.05, 0) is 25.1 Å². The molecule has 0 unspecified atom stereocenters. The van der Waals surface area contributed by atoms with Crippen molar-refractivity contribution in [1.82, 2.24) is 0 Å². The van der Waals surface area contributed by atoms with E-state index in [1.807, 2.05) is 55.5 Å². The number of benzene rings is 2. The largest absolute Gasteiger partial charge is 0.490 e. The maximum Gasteiger partial charge on any atom is 0.161 e. The van der Waals surface area contributed by atoms with Gasteiger partial charge in [-0.25, -0.2) is 0 Å². The van der Waals surface area contributed by atoms with E-state index >= 15 is 0 Å². The van der Waals surface area contributed by atoms with Crippen molar-refractivity contribution in [2.75, 3.05) is 19.8 Å². The molecule has 0 fully saturated rings. The summed E-state index contributed by atoms with van der Waals surface area (Å²) in [5, 5.41) is 0. The van der Waals surface area contributed by atoms with Crippen LogP contribution < -0.4 is 19.9 Å². The number of hydrogen-bond donors (Lipinski definition) is 1. The average molecular weight is 287 g/mol. The van der Waals surface area contributed by atoms with E-state index in [0.717, 1.165) is 22.8 Å². The summed E-state index contributed by atoms with van der Waals surface area (Å²) < 4.78 is 16.9. The lowest BCUT2D eigenvalue weighted by Crippen LogP contribution is -2.11. The quantitative estimate of drug-likeness (QED) is 0.758. The normalized spacial score (nSPS) is 10.2. The molecule has 0 aliphatic carbocycles. The molecular formula is C17H21NO3. The van der Waals surface area contributed by atoms with E-state index in [-0.39, 0.29) is 0 Å². The Morgan fingerprint density at radius 2 is 1.29 bits per heavy atom. The van der Waals surface area contributed by atoms with Crippen molar-refractivity contribution in [1.29, 1.82) is 0 Å². The fourth-order valence-electron chi connectivity index (χ4n) is 1.96. The van der Waals surface area contributed by atoms with E-state index in [0.29, 0.717) is 26.4 Å². The molecule has 2 N–H and O–H groups in total. The molecule has 0 aromatic heterocycles. The van der Waals surface area contributed by atoms with Crippen LogP contribution in [0.25, 0.3) is 0 Å². The second-order valence-corrected chi connectivity index (χ2v) is 4.39. The lowest BCUT2D eigenvalue weighted by molar-refractivity contribution is 0.207. The van der Waals surface area contributed by atoms with Crippen LogP contribution in [0.4, 0.5) is 0 Å². The Balaban J connectivity index is 1.85. The number of hydrogen-bond acceptors (Lipinski definition) is 4. The molecule has 4 heteroatoms. The predicted molar refractivity (Wildman–Crippen MR) is 82.9 cm³/mol. The third kappa shape index (κ3) is 4.39. The van der Waals surface area contributed by atoms with Gasteiger partial charge in [-0.15, -0.1) is 0 Å². The van der Waals surface area contributed by atoms with Gasteiger partial charge in [-0.2, -0.15) is 0 Å². The highest BCUT2D eigenvalue weighted by Crippen LogP contribution is 2.26. The Hall–Kier alpha value is -2.20. The molecule has 0 saturated carbocycles. The molecule has 0 amide bonds. The lowest BCUT2D eigenvalue weighted by atomic mass is 10.2. The zero-order valence-corrected chi connectivity index (χ0v) is 12.2. The second kappa shape index (κ2) is 8.17. The Morgan fingerprint density at radius 3 is 1.90 bits per heavy atom. The summed E-state index contributed by atoms with van der Waals surface area (Å²) in [6, 6.07) is 15.4. The summed E-state index contributed by atoms with van der Waals surface area (Å²) in [7, 11) is 0. The van der Waals surface area contributed by atoms with E-state index < -0.39 is 0 Å². The fourth-order valence-corrected chi connectivity index (χ4v) is 1.96. The third-order valence-electron chi connectivity index (χ3n) is 2.94. The van der Waals surface area contributed by atoms with Crippen LogP contribution in [0.5, 0.6) is 17.2 Å². The van der Waals surface area contributed by atoms with Crippen LogP contribution in [0.3, 0.4) is 0 Å². The first kappa shape index (κ1) is 15.2. The van der Waals surface area contributed by atoms with E-state index in [2.05, 4.69) is 0 Å². The van der Waals surface area contributed by atoms with Crippen molar-refractivity contribution in [2.45, 2.75) is 13.5 Å². The first-order valence-corrected chi connectivity index (χ1v) is 7.10. The van der Waals surface area contributed by atoms with Crippen LogP contribution in [0.15, 0.2) is 48.5 Å². The minimum atomic E-state index is 0.447. The molecule has 0 bridgehead atoms. The van der Waals surface area contributed by atoms with E-state index in [1.165, 1.54) is 0 Å². The number of para-hydroxylation sites is 3. The summed E-state index contributed by atoms with van der Waals surface area (Å²) in [6.45, 7) is 3.93. The van der Waals surface area contributed by atoms with Crippen LogP contribution >= 0.6 is 0 Å². The summed E-state index contributed by atoms with van der Waals surface area (Å²) >= 11 is 0. The first-order valence-electron chi connectivity index (χ1n) is 7.10. The number of nitrogens with two attached hydrogens (primary N) is 1. The van der Waals surface area contributed by atoms with Crippen molar-refractivity contribution in [2.24, 2.45) is 5.73 Å². The SMILES string of the molecule is CCOc1ccccc1OCCOc1ccccc1CN. The minimum Gasteiger partial charge on any atom is -0.490 e. The van der Waals surface area contributed by atoms with Gasteiger partial charge in [-0.1, -0.05) is 30.3 Å². The Kier molecular flexibility index (Phi) is 5.91. The molecule has 21 heavy (non-hydrogen) atoms. The van der Waals surface area contributed by atoms with Crippen LogP contribution in [-0.4, -0.2) is 19.8 Å². The standard InChI is InChI=1S/C17H21NO3/c1-2-19-16-9-5-6-10-17(16)21-12-11-20-15-8-4-3-7-14(15)13-18/h3-10H,2,11-13,18H2,1H3. The number of rotatable bonds is 8. The average Bonchev–Trinajstić information content (AvgIpc) is 2.53. The van der Waals surface area contributed by atoms with Crippen molar-refractivity contribution in [3.8, 4) is 17.2 Å². The van der Waals surface area contributed by atoms with Gasteiger partial charge < -0.3 is 19.9 Å². The molecular weight excluding hydrogens is 266 g/mol. The predicted octanol–water partition coefficient (Wildman–Crippen LogP) is 3.00. The van der Waals surface area contributed by atoms with Gasteiger partial charge in [0, 0.05) is 12.1 Å². The lowest BCUT2D eigenvalue weighted by Gasteiger charge is -2.13.